The molecule has 0 aromatic carbocycles. The van der Waals surface area contributed by atoms with Gasteiger partial charge in [-0.05, 0) is 31.4 Å². The zero-order valence-electron chi connectivity index (χ0n) is 11.4. The van der Waals surface area contributed by atoms with Gasteiger partial charge in [-0.3, -0.25) is 4.79 Å². The molecule has 4 heteroatoms. The summed E-state index contributed by atoms with van der Waals surface area (Å²) in [6.07, 6.45) is 4.89. The van der Waals surface area contributed by atoms with E-state index < -0.39 is 0 Å². The number of aromatic nitrogens is 1. The Morgan fingerprint density at radius 1 is 1.39 bits per heavy atom. The van der Waals surface area contributed by atoms with Crippen LogP contribution in [0.2, 0.25) is 0 Å². The number of rotatable bonds is 6. The number of anilines is 1. The number of nitrogens with two attached hydrogens (primary N) is 1. The highest BCUT2D eigenvalue weighted by atomic mass is 16.1. The van der Waals surface area contributed by atoms with Crippen molar-refractivity contribution in [1.29, 1.82) is 0 Å². The summed E-state index contributed by atoms with van der Waals surface area (Å²) in [5.74, 6) is 1.00. The number of nitrogen functional groups attached to an aromatic ring is 1. The van der Waals surface area contributed by atoms with Crippen molar-refractivity contribution < 1.29 is 4.79 Å². The van der Waals surface area contributed by atoms with Gasteiger partial charge in [-0.2, -0.15) is 0 Å². The maximum absolute atomic E-state index is 11.9. The minimum Gasteiger partial charge on any atom is -0.384 e. The van der Waals surface area contributed by atoms with E-state index in [1.54, 1.807) is 18.3 Å². The van der Waals surface area contributed by atoms with Gasteiger partial charge in [0, 0.05) is 17.8 Å². The smallest absolute Gasteiger partial charge is 0.251 e. The van der Waals surface area contributed by atoms with E-state index in [0.717, 1.165) is 12.8 Å². The molecule has 1 rings (SSSR count). The van der Waals surface area contributed by atoms with Crippen molar-refractivity contribution in [2.24, 2.45) is 5.92 Å². The Kier molecular flexibility index (Phi) is 5.62. The summed E-state index contributed by atoms with van der Waals surface area (Å²) >= 11 is 0. The number of carbonyl (C=O) groups is 1. The molecule has 1 heterocycles. The second-order valence-electron chi connectivity index (χ2n) is 5.17. The van der Waals surface area contributed by atoms with Crippen molar-refractivity contribution in [3.05, 3.63) is 23.9 Å². The first-order valence-electron chi connectivity index (χ1n) is 6.51. The molecule has 1 unspecified atom stereocenters. The number of nitrogens with one attached hydrogen (secondary N) is 1. The van der Waals surface area contributed by atoms with E-state index in [2.05, 4.69) is 24.1 Å². The van der Waals surface area contributed by atoms with Crippen LogP contribution < -0.4 is 11.1 Å². The Balaban J connectivity index is 2.40. The highest BCUT2D eigenvalue weighted by molar-refractivity contribution is 5.94. The van der Waals surface area contributed by atoms with Crippen LogP contribution in [0.4, 0.5) is 5.82 Å². The van der Waals surface area contributed by atoms with Crippen molar-refractivity contribution in [3.8, 4) is 0 Å². The van der Waals surface area contributed by atoms with Gasteiger partial charge in [0.05, 0.1) is 0 Å². The molecule has 0 aliphatic carbocycles. The molecule has 100 valence electrons. The van der Waals surface area contributed by atoms with Gasteiger partial charge in [-0.15, -0.1) is 0 Å². The average molecular weight is 249 g/mol. The summed E-state index contributed by atoms with van der Waals surface area (Å²) in [7, 11) is 0. The van der Waals surface area contributed by atoms with Gasteiger partial charge in [0.2, 0.25) is 0 Å². The fourth-order valence-corrected chi connectivity index (χ4v) is 1.80. The first-order chi connectivity index (χ1) is 8.49. The lowest BCUT2D eigenvalue weighted by Crippen LogP contribution is -2.32. The van der Waals surface area contributed by atoms with E-state index in [1.807, 2.05) is 6.92 Å². The molecular formula is C14H23N3O. The van der Waals surface area contributed by atoms with Crippen LogP contribution in [0.25, 0.3) is 0 Å². The molecule has 1 aromatic heterocycles. The molecule has 1 atom stereocenters. The number of hydrogen-bond acceptors (Lipinski definition) is 3. The second kappa shape index (κ2) is 6.99. The molecule has 3 N–H and O–H groups in total. The Morgan fingerprint density at radius 2 is 2.11 bits per heavy atom. The molecule has 0 aliphatic rings. The first kappa shape index (κ1) is 14.5. The Labute approximate surface area is 109 Å². The van der Waals surface area contributed by atoms with Crippen molar-refractivity contribution in [2.75, 3.05) is 5.73 Å². The molecular weight excluding hydrogens is 226 g/mol. The molecule has 4 nitrogen and oxygen atoms in total. The lowest BCUT2D eigenvalue weighted by Gasteiger charge is -2.14. The normalized spacial score (nSPS) is 12.4. The SMILES string of the molecule is CC(C)CCCC(C)NC(=O)c1ccnc(N)c1. The van der Waals surface area contributed by atoms with Crippen LogP contribution in [0.1, 0.15) is 50.4 Å². The van der Waals surface area contributed by atoms with Gasteiger partial charge < -0.3 is 11.1 Å². The van der Waals surface area contributed by atoms with Gasteiger partial charge >= 0.3 is 0 Å². The van der Waals surface area contributed by atoms with Crippen LogP contribution in [-0.4, -0.2) is 16.9 Å². The summed E-state index contributed by atoms with van der Waals surface area (Å²) in [5.41, 5.74) is 6.12. The fraction of sp³-hybridized carbons (Fsp3) is 0.571. The second-order valence-corrected chi connectivity index (χ2v) is 5.17. The summed E-state index contributed by atoms with van der Waals surface area (Å²) in [4.78, 5) is 15.8. The number of pyridine rings is 1. The highest BCUT2D eigenvalue weighted by Gasteiger charge is 2.10. The maximum atomic E-state index is 11.9. The third-order valence-electron chi connectivity index (χ3n) is 2.84. The lowest BCUT2D eigenvalue weighted by atomic mass is 10.0. The topological polar surface area (TPSA) is 68.0 Å². The van der Waals surface area contributed by atoms with Gasteiger partial charge in [0.15, 0.2) is 0 Å². The Bertz CT molecular complexity index is 390. The van der Waals surface area contributed by atoms with Gasteiger partial charge in [-0.25, -0.2) is 4.98 Å². The molecule has 0 fully saturated rings. The fourth-order valence-electron chi connectivity index (χ4n) is 1.80. The van der Waals surface area contributed by atoms with Crippen molar-refractivity contribution in [1.82, 2.24) is 10.3 Å². The molecule has 0 bridgehead atoms. The van der Waals surface area contributed by atoms with Crippen LogP contribution in [0, 0.1) is 5.92 Å². The Hall–Kier alpha value is -1.58. The number of hydrogen-bond donors (Lipinski definition) is 2. The highest BCUT2D eigenvalue weighted by Crippen LogP contribution is 2.09. The van der Waals surface area contributed by atoms with Gasteiger partial charge in [0.1, 0.15) is 5.82 Å². The zero-order chi connectivity index (χ0) is 13.5. The van der Waals surface area contributed by atoms with Crippen molar-refractivity contribution in [3.63, 3.8) is 0 Å². The first-order valence-corrected chi connectivity index (χ1v) is 6.51. The standard InChI is InChI=1S/C14H23N3O/c1-10(2)5-4-6-11(3)17-14(18)12-7-8-16-13(15)9-12/h7-11H,4-6H2,1-3H3,(H2,15,16)(H,17,18). The summed E-state index contributed by atoms with van der Waals surface area (Å²) in [6, 6.07) is 3.45. The number of amides is 1. The molecule has 1 aromatic rings. The van der Waals surface area contributed by atoms with Gasteiger partial charge in [-0.1, -0.05) is 26.7 Å². The molecule has 18 heavy (non-hydrogen) atoms. The van der Waals surface area contributed by atoms with Crippen LogP contribution in [-0.2, 0) is 0 Å². The molecule has 0 aliphatic heterocycles. The predicted molar refractivity (Wildman–Crippen MR) is 74.3 cm³/mol. The zero-order valence-corrected chi connectivity index (χ0v) is 11.4. The summed E-state index contributed by atoms with van der Waals surface area (Å²) in [5, 5.41) is 2.97. The van der Waals surface area contributed by atoms with Crippen molar-refractivity contribution in [2.45, 2.75) is 46.1 Å². The molecule has 0 radical (unpaired) electrons. The largest absolute Gasteiger partial charge is 0.384 e. The molecule has 0 spiro atoms. The third-order valence-corrected chi connectivity index (χ3v) is 2.84. The number of carbonyl (C=O) groups excluding carboxylic acids is 1. The average Bonchev–Trinajstić information content (AvgIpc) is 2.28. The van der Waals surface area contributed by atoms with E-state index in [-0.39, 0.29) is 11.9 Å². The number of nitrogens with zero attached hydrogens (tertiary/aromatic N) is 1. The monoisotopic (exact) mass is 249 g/mol. The van der Waals surface area contributed by atoms with Crippen LogP contribution in [0.15, 0.2) is 18.3 Å². The summed E-state index contributed by atoms with van der Waals surface area (Å²) in [6.45, 7) is 6.45. The van der Waals surface area contributed by atoms with E-state index in [0.29, 0.717) is 17.3 Å². The lowest BCUT2D eigenvalue weighted by molar-refractivity contribution is 0.0937. The minimum atomic E-state index is -0.0823. The van der Waals surface area contributed by atoms with E-state index in [1.165, 1.54) is 6.42 Å². The molecule has 0 saturated heterocycles. The predicted octanol–water partition coefficient (Wildman–Crippen LogP) is 2.61. The minimum absolute atomic E-state index is 0.0823. The van der Waals surface area contributed by atoms with E-state index in [4.69, 9.17) is 5.73 Å². The van der Waals surface area contributed by atoms with E-state index >= 15 is 0 Å². The third kappa shape index (κ3) is 5.17. The van der Waals surface area contributed by atoms with Crippen LogP contribution >= 0.6 is 0 Å². The van der Waals surface area contributed by atoms with Crippen LogP contribution in [0.5, 0.6) is 0 Å². The van der Waals surface area contributed by atoms with Crippen molar-refractivity contribution >= 4 is 11.7 Å². The summed E-state index contributed by atoms with van der Waals surface area (Å²) < 4.78 is 0. The van der Waals surface area contributed by atoms with E-state index in [9.17, 15) is 4.79 Å². The molecule has 0 saturated carbocycles. The maximum Gasteiger partial charge on any atom is 0.251 e. The quantitative estimate of drug-likeness (QED) is 0.814. The van der Waals surface area contributed by atoms with Crippen LogP contribution in [0.3, 0.4) is 0 Å². The Morgan fingerprint density at radius 3 is 2.72 bits per heavy atom. The van der Waals surface area contributed by atoms with Gasteiger partial charge in [0.25, 0.3) is 5.91 Å². The molecule has 1 amide bonds.